The molecule has 6 heteroatoms. The minimum atomic E-state index is -0.996. The van der Waals surface area contributed by atoms with Crippen LogP contribution in [-0.2, 0) is 6.54 Å². The Bertz CT molecular complexity index is 828. The van der Waals surface area contributed by atoms with Gasteiger partial charge in [0.1, 0.15) is 0 Å². The Morgan fingerprint density at radius 3 is 2.70 bits per heavy atom. The number of hydrogen-bond donors (Lipinski definition) is 2. The second-order valence-electron chi connectivity index (χ2n) is 5.14. The average molecular weight is 308 g/mol. The van der Waals surface area contributed by atoms with Crippen molar-refractivity contribution >= 4 is 17.3 Å². The third kappa shape index (κ3) is 3.21. The molecule has 0 radical (unpaired) electrons. The summed E-state index contributed by atoms with van der Waals surface area (Å²) in [5, 5.41) is 16.7. The van der Waals surface area contributed by atoms with Crippen molar-refractivity contribution < 1.29 is 9.90 Å². The van der Waals surface area contributed by atoms with Crippen molar-refractivity contribution in [2.75, 3.05) is 5.32 Å². The van der Waals surface area contributed by atoms with E-state index in [2.05, 4.69) is 15.4 Å². The van der Waals surface area contributed by atoms with Gasteiger partial charge in [-0.1, -0.05) is 30.3 Å². The van der Waals surface area contributed by atoms with Crippen molar-refractivity contribution in [2.45, 2.75) is 13.5 Å². The van der Waals surface area contributed by atoms with Crippen molar-refractivity contribution in [3.63, 3.8) is 0 Å². The highest BCUT2D eigenvalue weighted by Gasteiger charge is 2.13. The van der Waals surface area contributed by atoms with Crippen LogP contribution in [-0.4, -0.2) is 25.8 Å². The van der Waals surface area contributed by atoms with Crippen LogP contribution in [0.1, 0.15) is 21.6 Å². The van der Waals surface area contributed by atoms with Gasteiger partial charge in [0.2, 0.25) is 0 Å². The van der Waals surface area contributed by atoms with Crippen molar-refractivity contribution in [1.29, 1.82) is 0 Å². The van der Waals surface area contributed by atoms with Crippen LogP contribution in [0.15, 0.2) is 55.0 Å². The summed E-state index contributed by atoms with van der Waals surface area (Å²) in [6.07, 6.45) is 4.65. The average Bonchev–Trinajstić information content (AvgIpc) is 2.89. The van der Waals surface area contributed by atoms with Gasteiger partial charge in [0, 0.05) is 6.20 Å². The highest BCUT2D eigenvalue weighted by atomic mass is 16.4. The summed E-state index contributed by atoms with van der Waals surface area (Å²) in [7, 11) is 0. The predicted octanol–water partition coefficient (Wildman–Crippen LogP) is 3.08. The molecule has 0 saturated heterocycles. The van der Waals surface area contributed by atoms with Crippen LogP contribution in [0.4, 0.5) is 11.4 Å². The summed E-state index contributed by atoms with van der Waals surface area (Å²) in [5.74, 6) is -0.996. The Kier molecular flexibility index (Phi) is 4.05. The van der Waals surface area contributed by atoms with Crippen LogP contribution >= 0.6 is 0 Å². The molecule has 0 spiro atoms. The van der Waals surface area contributed by atoms with Crippen molar-refractivity contribution in [1.82, 2.24) is 14.8 Å². The molecule has 2 aromatic heterocycles. The highest BCUT2D eigenvalue weighted by molar-refractivity contribution is 5.94. The Hall–Kier alpha value is -3.15. The lowest BCUT2D eigenvalue weighted by Crippen LogP contribution is -2.05. The van der Waals surface area contributed by atoms with Crippen LogP contribution in [0.5, 0.6) is 0 Å². The fourth-order valence-electron chi connectivity index (χ4n) is 2.31. The molecule has 0 amide bonds. The lowest BCUT2D eigenvalue weighted by atomic mass is 10.2. The van der Waals surface area contributed by atoms with Crippen molar-refractivity contribution in [3.8, 4) is 0 Å². The molecule has 0 aliphatic rings. The number of nitrogens with zero attached hydrogens (tertiary/aromatic N) is 3. The van der Waals surface area contributed by atoms with Gasteiger partial charge >= 0.3 is 5.97 Å². The van der Waals surface area contributed by atoms with E-state index in [1.54, 1.807) is 6.20 Å². The number of carboxylic acid groups (broad SMARTS) is 1. The van der Waals surface area contributed by atoms with Gasteiger partial charge in [0.25, 0.3) is 0 Å². The molecule has 0 saturated carbocycles. The van der Waals surface area contributed by atoms with E-state index in [1.165, 1.54) is 18.5 Å². The first-order valence-electron chi connectivity index (χ1n) is 7.16. The SMILES string of the molecule is Cc1c(Nc2cnccc2C(=O)O)cnn1Cc1ccccc1. The zero-order valence-corrected chi connectivity index (χ0v) is 12.6. The van der Waals surface area contributed by atoms with E-state index < -0.39 is 5.97 Å². The fourth-order valence-corrected chi connectivity index (χ4v) is 2.31. The molecule has 1 aromatic carbocycles. The maximum absolute atomic E-state index is 11.3. The second-order valence-corrected chi connectivity index (χ2v) is 5.14. The largest absolute Gasteiger partial charge is 0.478 e. The topological polar surface area (TPSA) is 80.0 Å². The molecule has 0 unspecified atom stereocenters. The van der Waals surface area contributed by atoms with Crippen LogP contribution in [0.25, 0.3) is 0 Å². The summed E-state index contributed by atoms with van der Waals surface area (Å²) < 4.78 is 1.87. The monoisotopic (exact) mass is 308 g/mol. The van der Waals surface area contributed by atoms with E-state index in [4.69, 9.17) is 0 Å². The molecule has 2 N–H and O–H groups in total. The number of nitrogens with one attached hydrogen (secondary N) is 1. The molecule has 0 aliphatic heterocycles. The number of rotatable bonds is 5. The van der Waals surface area contributed by atoms with Gasteiger partial charge in [-0.3, -0.25) is 9.67 Å². The molecule has 3 rings (SSSR count). The second kappa shape index (κ2) is 6.31. The maximum Gasteiger partial charge on any atom is 0.337 e. The lowest BCUT2D eigenvalue weighted by Gasteiger charge is -2.09. The quantitative estimate of drug-likeness (QED) is 0.757. The number of hydrogen-bond acceptors (Lipinski definition) is 4. The van der Waals surface area contributed by atoms with Gasteiger partial charge in [-0.25, -0.2) is 4.79 Å². The molecule has 0 fully saturated rings. The summed E-state index contributed by atoms with van der Waals surface area (Å²) in [6.45, 7) is 2.60. The highest BCUT2D eigenvalue weighted by Crippen LogP contribution is 2.23. The Labute approximate surface area is 133 Å². The predicted molar refractivity (Wildman–Crippen MR) is 87.0 cm³/mol. The van der Waals surface area contributed by atoms with Crippen molar-refractivity contribution in [2.24, 2.45) is 0 Å². The van der Waals surface area contributed by atoms with E-state index in [0.29, 0.717) is 12.2 Å². The van der Waals surface area contributed by atoms with Crippen LogP contribution in [0.2, 0.25) is 0 Å². The number of carboxylic acids is 1. The molecule has 0 aliphatic carbocycles. The van der Waals surface area contributed by atoms with Crippen LogP contribution in [0, 0.1) is 6.92 Å². The summed E-state index contributed by atoms with van der Waals surface area (Å²) in [4.78, 5) is 15.2. The van der Waals surface area contributed by atoms with Gasteiger partial charge < -0.3 is 10.4 Å². The minimum absolute atomic E-state index is 0.176. The van der Waals surface area contributed by atoms with Gasteiger partial charge in [-0.15, -0.1) is 0 Å². The zero-order valence-electron chi connectivity index (χ0n) is 12.6. The van der Waals surface area contributed by atoms with Gasteiger partial charge in [0.15, 0.2) is 0 Å². The summed E-state index contributed by atoms with van der Waals surface area (Å²) in [5.41, 5.74) is 3.46. The third-order valence-corrected chi connectivity index (χ3v) is 3.60. The number of benzene rings is 1. The van der Waals surface area contributed by atoms with E-state index in [0.717, 1.165) is 16.9 Å². The molecule has 2 heterocycles. The molecule has 23 heavy (non-hydrogen) atoms. The van der Waals surface area contributed by atoms with E-state index in [1.807, 2.05) is 41.9 Å². The molecule has 6 nitrogen and oxygen atoms in total. The minimum Gasteiger partial charge on any atom is -0.478 e. The van der Waals surface area contributed by atoms with Crippen LogP contribution < -0.4 is 5.32 Å². The van der Waals surface area contributed by atoms with Crippen molar-refractivity contribution in [3.05, 3.63) is 71.8 Å². The van der Waals surface area contributed by atoms with Gasteiger partial charge in [0.05, 0.1) is 41.6 Å². The maximum atomic E-state index is 11.3. The summed E-state index contributed by atoms with van der Waals surface area (Å²) in [6, 6.07) is 11.5. The first-order chi connectivity index (χ1) is 11.1. The standard InChI is InChI=1S/C17H16N4O2/c1-12-15(20-16-9-18-8-7-14(16)17(22)23)10-19-21(12)11-13-5-3-2-4-6-13/h2-10,20H,11H2,1H3,(H,22,23). The number of pyridine rings is 1. The normalized spacial score (nSPS) is 10.5. The number of aromatic carboxylic acids is 1. The zero-order chi connectivity index (χ0) is 16.2. The number of aromatic nitrogens is 3. The van der Waals surface area contributed by atoms with Crippen LogP contribution in [0.3, 0.4) is 0 Å². The molecular weight excluding hydrogens is 292 g/mol. The Morgan fingerprint density at radius 1 is 1.17 bits per heavy atom. The van der Waals surface area contributed by atoms with Gasteiger partial charge in [-0.05, 0) is 18.6 Å². The first kappa shape index (κ1) is 14.8. The molecule has 0 atom stereocenters. The molecule has 3 aromatic rings. The van der Waals surface area contributed by atoms with Gasteiger partial charge in [-0.2, -0.15) is 5.10 Å². The molecule has 116 valence electrons. The Balaban J connectivity index is 1.84. The van der Waals surface area contributed by atoms with E-state index in [9.17, 15) is 9.90 Å². The number of carbonyl (C=O) groups is 1. The third-order valence-electron chi connectivity index (χ3n) is 3.60. The smallest absolute Gasteiger partial charge is 0.337 e. The molecule has 0 bridgehead atoms. The number of anilines is 2. The fraction of sp³-hybridized carbons (Fsp3) is 0.118. The van der Waals surface area contributed by atoms with E-state index >= 15 is 0 Å². The Morgan fingerprint density at radius 2 is 1.96 bits per heavy atom. The first-order valence-corrected chi connectivity index (χ1v) is 7.16. The summed E-state index contributed by atoms with van der Waals surface area (Å²) >= 11 is 0. The van der Waals surface area contributed by atoms with E-state index in [-0.39, 0.29) is 5.56 Å². The molecular formula is C17H16N4O2. The lowest BCUT2D eigenvalue weighted by molar-refractivity contribution is 0.0698.